The normalized spacial score (nSPS) is 18.4. The number of phenolic OH excluding ortho intramolecular Hbond substituents is 1. The van der Waals surface area contributed by atoms with Crippen LogP contribution in [0.5, 0.6) is 11.5 Å². The smallest absolute Gasteiger partial charge is 0.186 e. The Morgan fingerprint density at radius 1 is 1.07 bits per heavy atom. The van der Waals surface area contributed by atoms with Gasteiger partial charge in [-0.25, -0.2) is 0 Å². The minimum absolute atomic E-state index is 0.0114. The fraction of sp³-hybridized carbons (Fsp3) is 0.200. The molecule has 30 heavy (non-hydrogen) atoms. The molecular weight excluding hydrogens is 440 g/mol. The van der Waals surface area contributed by atoms with Crippen molar-refractivity contribution in [2.24, 2.45) is 0 Å². The third-order valence-electron chi connectivity index (χ3n) is 5.56. The lowest BCUT2D eigenvalue weighted by molar-refractivity contribution is -0.731. The van der Waals surface area contributed by atoms with Gasteiger partial charge in [0.25, 0.3) is 0 Å². The Balaban J connectivity index is 1.74. The molecule has 3 aromatic rings. The van der Waals surface area contributed by atoms with E-state index in [-0.39, 0.29) is 12.2 Å². The summed E-state index contributed by atoms with van der Waals surface area (Å²) < 4.78 is 6.30. The molecule has 2 atom stereocenters. The maximum absolute atomic E-state index is 10.5. The van der Waals surface area contributed by atoms with Gasteiger partial charge in [-0.1, -0.05) is 43.3 Å². The first-order chi connectivity index (χ1) is 14.6. The molecule has 154 valence electrons. The standard InChI is InChI=1S/C25H25BrN2O2/c1-3-16-8-10-17(11-9-16)21-15-22(19-6-4-5-7-23(19)29)28-25(27-21)18-12-13-24(30-2)20(26)14-18/h4-15,22,25,27-29H,3H2,1-2H3/p+1. The van der Waals surface area contributed by atoms with Crippen molar-refractivity contribution in [2.45, 2.75) is 25.6 Å². The van der Waals surface area contributed by atoms with E-state index in [1.165, 1.54) is 5.56 Å². The number of hydrogen-bond donors (Lipinski definition) is 3. The topological polar surface area (TPSA) is 58.1 Å². The van der Waals surface area contributed by atoms with Crippen LogP contribution < -0.4 is 15.4 Å². The monoisotopic (exact) mass is 465 g/mol. The third kappa shape index (κ3) is 4.23. The summed E-state index contributed by atoms with van der Waals surface area (Å²) in [5.74, 6) is 1.12. The van der Waals surface area contributed by atoms with E-state index in [2.05, 4.69) is 76.0 Å². The average molecular weight is 466 g/mol. The molecule has 0 bridgehead atoms. The van der Waals surface area contributed by atoms with E-state index in [1.54, 1.807) is 13.2 Å². The highest BCUT2D eigenvalue weighted by Gasteiger charge is 2.29. The highest BCUT2D eigenvalue weighted by Crippen LogP contribution is 2.31. The molecule has 4 rings (SSSR count). The molecule has 1 heterocycles. The zero-order valence-corrected chi connectivity index (χ0v) is 18.7. The lowest BCUT2D eigenvalue weighted by Crippen LogP contribution is -2.89. The number of benzene rings is 3. The molecule has 4 N–H and O–H groups in total. The van der Waals surface area contributed by atoms with Gasteiger partial charge < -0.3 is 20.5 Å². The molecule has 1 aliphatic rings. The first-order valence-corrected chi connectivity index (χ1v) is 10.9. The molecule has 2 unspecified atom stereocenters. The number of quaternary nitrogens is 1. The van der Waals surface area contributed by atoms with Crippen molar-refractivity contribution in [3.63, 3.8) is 0 Å². The molecule has 0 saturated carbocycles. The number of aryl methyl sites for hydroxylation is 1. The second-order valence-corrected chi connectivity index (χ2v) is 8.28. The van der Waals surface area contributed by atoms with E-state index in [0.717, 1.165) is 39.0 Å². The largest absolute Gasteiger partial charge is 0.507 e. The first-order valence-electron chi connectivity index (χ1n) is 10.1. The summed E-state index contributed by atoms with van der Waals surface area (Å²) in [5, 5.41) is 16.4. The Hall–Kier alpha value is -2.76. The summed E-state index contributed by atoms with van der Waals surface area (Å²) in [6.07, 6.45) is 3.19. The van der Waals surface area contributed by atoms with E-state index >= 15 is 0 Å². The van der Waals surface area contributed by atoms with Gasteiger partial charge >= 0.3 is 0 Å². The van der Waals surface area contributed by atoms with Gasteiger partial charge in [0.2, 0.25) is 0 Å². The van der Waals surface area contributed by atoms with Crippen LogP contribution in [0.25, 0.3) is 5.70 Å². The number of halogens is 1. The Kier molecular flexibility index (Phi) is 6.11. The van der Waals surface area contributed by atoms with Gasteiger partial charge in [-0.15, -0.1) is 0 Å². The van der Waals surface area contributed by atoms with Gasteiger partial charge in [0.15, 0.2) is 6.17 Å². The zero-order valence-electron chi connectivity index (χ0n) is 17.1. The molecule has 0 spiro atoms. The van der Waals surface area contributed by atoms with Crippen LogP contribution in [0.2, 0.25) is 0 Å². The maximum atomic E-state index is 10.5. The van der Waals surface area contributed by atoms with Crippen LogP contribution in [0.3, 0.4) is 0 Å². The van der Waals surface area contributed by atoms with Crippen LogP contribution in [0, 0.1) is 0 Å². The van der Waals surface area contributed by atoms with E-state index in [9.17, 15) is 5.11 Å². The van der Waals surface area contributed by atoms with Crippen molar-refractivity contribution in [1.29, 1.82) is 0 Å². The molecule has 0 aromatic heterocycles. The van der Waals surface area contributed by atoms with Crippen molar-refractivity contribution in [1.82, 2.24) is 5.32 Å². The quantitative estimate of drug-likeness (QED) is 0.512. The number of rotatable bonds is 5. The van der Waals surface area contributed by atoms with Crippen molar-refractivity contribution in [3.05, 3.63) is 99.5 Å². The molecule has 0 aliphatic carbocycles. The van der Waals surface area contributed by atoms with Gasteiger partial charge in [-0.3, -0.25) is 0 Å². The summed E-state index contributed by atoms with van der Waals surface area (Å²) >= 11 is 3.60. The zero-order chi connectivity index (χ0) is 21.1. The van der Waals surface area contributed by atoms with Gasteiger partial charge in [0, 0.05) is 17.3 Å². The van der Waals surface area contributed by atoms with Crippen LogP contribution in [-0.4, -0.2) is 12.2 Å². The minimum Gasteiger partial charge on any atom is -0.507 e. The number of aromatic hydroxyl groups is 1. The summed E-state index contributed by atoms with van der Waals surface area (Å²) in [6.45, 7) is 2.16. The lowest BCUT2D eigenvalue weighted by Gasteiger charge is -2.30. The predicted octanol–water partition coefficient (Wildman–Crippen LogP) is 4.67. The van der Waals surface area contributed by atoms with Crippen LogP contribution in [0.1, 0.15) is 41.4 Å². The molecular formula is C25H26BrN2O2+. The van der Waals surface area contributed by atoms with Crippen LogP contribution in [-0.2, 0) is 6.42 Å². The van der Waals surface area contributed by atoms with Crippen molar-refractivity contribution < 1.29 is 15.2 Å². The molecule has 0 amide bonds. The Bertz CT molecular complexity index is 1060. The van der Waals surface area contributed by atoms with Crippen molar-refractivity contribution in [2.75, 3.05) is 7.11 Å². The van der Waals surface area contributed by atoms with E-state index in [0.29, 0.717) is 5.75 Å². The summed E-state index contributed by atoms with van der Waals surface area (Å²) in [4.78, 5) is 0. The lowest BCUT2D eigenvalue weighted by atomic mass is 9.97. The van der Waals surface area contributed by atoms with Gasteiger partial charge in [-0.2, -0.15) is 0 Å². The van der Waals surface area contributed by atoms with E-state index in [4.69, 9.17) is 4.74 Å². The highest BCUT2D eigenvalue weighted by atomic mass is 79.9. The molecule has 5 heteroatoms. The Morgan fingerprint density at radius 2 is 1.83 bits per heavy atom. The van der Waals surface area contributed by atoms with Crippen molar-refractivity contribution in [3.8, 4) is 11.5 Å². The summed E-state index contributed by atoms with van der Waals surface area (Å²) in [7, 11) is 1.67. The predicted molar refractivity (Wildman–Crippen MR) is 123 cm³/mol. The van der Waals surface area contributed by atoms with E-state index < -0.39 is 0 Å². The van der Waals surface area contributed by atoms with Crippen LogP contribution in [0.15, 0.2) is 77.3 Å². The molecule has 0 saturated heterocycles. The highest BCUT2D eigenvalue weighted by molar-refractivity contribution is 9.10. The Morgan fingerprint density at radius 3 is 2.50 bits per heavy atom. The van der Waals surface area contributed by atoms with Gasteiger partial charge in [0.05, 0.1) is 17.1 Å². The fourth-order valence-electron chi connectivity index (χ4n) is 3.84. The SMILES string of the molecule is CCc1ccc(C2=CC(c3ccccc3O)[NH2+]C(c3ccc(OC)c(Br)c3)N2)cc1. The second kappa shape index (κ2) is 8.94. The number of phenols is 1. The fourth-order valence-corrected chi connectivity index (χ4v) is 4.40. The number of methoxy groups -OCH3 is 1. The molecule has 3 aromatic carbocycles. The number of nitrogens with one attached hydrogen (secondary N) is 1. The third-order valence-corrected chi connectivity index (χ3v) is 6.18. The van der Waals surface area contributed by atoms with Crippen molar-refractivity contribution >= 4 is 21.6 Å². The number of ether oxygens (including phenoxy) is 1. The van der Waals surface area contributed by atoms with Gasteiger partial charge in [0.1, 0.15) is 17.5 Å². The van der Waals surface area contributed by atoms with Crippen LogP contribution >= 0.6 is 15.9 Å². The second-order valence-electron chi connectivity index (χ2n) is 7.42. The Labute approximate surface area is 185 Å². The average Bonchev–Trinajstić information content (AvgIpc) is 2.79. The molecule has 1 aliphatic heterocycles. The molecule has 0 radical (unpaired) electrons. The summed E-state index contributed by atoms with van der Waals surface area (Å²) in [6, 6.07) is 22.3. The first kappa shape index (κ1) is 20.5. The molecule has 0 fully saturated rings. The van der Waals surface area contributed by atoms with Gasteiger partial charge in [-0.05, 0) is 63.8 Å². The van der Waals surface area contributed by atoms with Crippen LogP contribution in [0.4, 0.5) is 0 Å². The minimum atomic E-state index is -0.0146. The number of nitrogens with two attached hydrogens (primary N) is 1. The maximum Gasteiger partial charge on any atom is 0.186 e. The number of hydrogen-bond acceptors (Lipinski definition) is 3. The summed E-state index contributed by atoms with van der Waals surface area (Å²) in [5.41, 5.74) is 5.54. The number of para-hydroxylation sites is 1. The van der Waals surface area contributed by atoms with E-state index in [1.807, 2.05) is 24.3 Å². The molecule has 4 nitrogen and oxygen atoms in total.